The van der Waals surface area contributed by atoms with E-state index in [1.807, 2.05) is 11.8 Å². The van der Waals surface area contributed by atoms with Crippen molar-refractivity contribution in [2.45, 2.75) is 38.8 Å². The van der Waals surface area contributed by atoms with E-state index in [9.17, 15) is 19.1 Å². The molecule has 1 saturated heterocycles. The molecule has 0 bridgehead atoms. The minimum absolute atomic E-state index is 0.0318. The molecule has 11 heteroatoms. The van der Waals surface area contributed by atoms with Crippen LogP contribution in [-0.2, 0) is 11.3 Å². The normalized spacial score (nSPS) is 14.5. The van der Waals surface area contributed by atoms with Crippen LogP contribution < -0.4 is 21.1 Å². The van der Waals surface area contributed by atoms with Crippen molar-refractivity contribution < 1.29 is 23.8 Å². The number of piperidine rings is 1. The molecule has 5 rings (SSSR count). The molecule has 1 aliphatic heterocycles. The van der Waals surface area contributed by atoms with Crippen LogP contribution in [0.4, 0.5) is 15.8 Å². The van der Waals surface area contributed by atoms with Crippen LogP contribution in [-0.4, -0.2) is 59.3 Å². The van der Waals surface area contributed by atoms with Gasteiger partial charge in [-0.15, -0.1) is 0 Å². The van der Waals surface area contributed by atoms with Gasteiger partial charge in [-0.05, 0) is 93.0 Å². The predicted octanol–water partition coefficient (Wildman–Crippen LogP) is 5.04. The number of nitrogens with zero attached hydrogens (tertiary/aromatic N) is 3. The van der Waals surface area contributed by atoms with Crippen molar-refractivity contribution in [2.24, 2.45) is 5.73 Å². The number of primary amides is 1. The summed E-state index contributed by atoms with van der Waals surface area (Å²) in [6.45, 7) is 2.91. The highest BCUT2D eigenvalue weighted by Gasteiger charge is 2.32. The van der Waals surface area contributed by atoms with Gasteiger partial charge in [-0.2, -0.15) is 0 Å². The Morgan fingerprint density at radius 2 is 1.83 bits per heavy atom. The molecule has 4 aromatic rings. The van der Waals surface area contributed by atoms with Crippen molar-refractivity contribution in [1.29, 1.82) is 5.41 Å². The maximum atomic E-state index is 14.4. The topological polar surface area (TPSA) is 159 Å². The Kier molecular flexibility index (Phi) is 11.1. The summed E-state index contributed by atoms with van der Waals surface area (Å²) in [4.78, 5) is 32.0. The van der Waals surface area contributed by atoms with Gasteiger partial charge in [-0.3, -0.25) is 24.9 Å². The summed E-state index contributed by atoms with van der Waals surface area (Å²) < 4.78 is 19.7. The summed E-state index contributed by atoms with van der Waals surface area (Å²) in [7, 11) is 3.25. The fourth-order valence-corrected chi connectivity index (χ4v) is 5.36. The van der Waals surface area contributed by atoms with Crippen LogP contribution in [0.1, 0.15) is 52.0 Å². The van der Waals surface area contributed by atoms with Gasteiger partial charge in [0.1, 0.15) is 17.3 Å². The molecule has 1 atom stereocenters. The number of aryl methyl sites for hydroxylation is 1. The highest BCUT2D eigenvalue weighted by molar-refractivity contribution is 6.14. The van der Waals surface area contributed by atoms with Gasteiger partial charge in [0.15, 0.2) is 0 Å². The molecular weight excluding hydrogens is 587 g/mol. The van der Waals surface area contributed by atoms with Crippen LogP contribution >= 0.6 is 0 Å². The van der Waals surface area contributed by atoms with E-state index >= 15 is 0 Å². The van der Waals surface area contributed by atoms with Gasteiger partial charge in [-0.25, -0.2) is 4.39 Å². The molecule has 1 aromatic heterocycles. The van der Waals surface area contributed by atoms with Crippen LogP contribution in [0.5, 0.6) is 11.5 Å². The number of likely N-dealkylation sites (tertiary alicyclic amines) is 1. The van der Waals surface area contributed by atoms with E-state index in [1.165, 1.54) is 19.2 Å². The molecule has 6 N–H and O–H groups in total. The summed E-state index contributed by atoms with van der Waals surface area (Å²) in [5.41, 5.74) is 15.3. The number of pyridine rings is 1. The maximum absolute atomic E-state index is 14.4. The zero-order valence-electron chi connectivity index (χ0n) is 26.2. The SMILES string of the molecule is COc1cccc(F)c1CN1CCCCC1C(=O)N(C)c1ccc(O)cc1.Cc1cc(C(=N)c2cc(C(N)=O)ccc2N)ccn1. The lowest BCUT2D eigenvalue weighted by molar-refractivity contribution is -0.125. The number of carbonyl (C=O) groups is 2. The van der Waals surface area contributed by atoms with Crippen molar-refractivity contribution in [3.05, 3.63) is 113 Å². The quantitative estimate of drug-likeness (QED) is 0.157. The van der Waals surface area contributed by atoms with Gasteiger partial charge in [0.2, 0.25) is 11.8 Å². The minimum Gasteiger partial charge on any atom is -0.508 e. The Morgan fingerprint density at radius 1 is 1.09 bits per heavy atom. The van der Waals surface area contributed by atoms with Gasteiger partial charge in [0.05, 0.1) is 18.9 Å². The number of aromatic hydroxyl groups is 1. The molecule has 1 fully saturated rings. The zero-order valence-corrected chi connectivity index (χ0v) is 26.2. The number of likely N-dealkylation sites (N-methyl/N-ethyl adjacent to an activating group) is 1. The fourth-order valence-electron chi connectivity index (χ4n) is 5.36. The second-order valence-corrected chi connectivity index (χ2v) is 11.0. The van der Waals surface area contributed by atoms with E-state index in [0.717, 1.165) is 31.5 Å². The number of phenolic OH excluding ortho intramolecular Hbond substituents is 1. The minimum atomic E-state index is -0.542. The first-order valence-corrected chi connectivity index (χ1v) is 14.8. The predicted molar refractivity (Wildman–Crippen MR) is 177 cm³/mol. The number of amides is 2. The molecule has 3 aromatic carbocycles. The summed E-state index contributed by atoms with van der Waals surface area (Å²) in [6.07, 6.45) is 4.31. The number of rotatable bonds is 8. The van der Waals surface area contributed by atoms with Crippen LogP contribution in [0.2, 0.25) is 0 Å². The highest BCUT2D eigenvalue weighted by Crippen LogP contribution is 2.28. The van der Waals surface area contributed by atoms with Crippen LogP contribution in [0, 0.1) is 18.2 Å². The van der Waals surface area contributed by atoms with Crippen molar-refractivity contribution in [3.63, 3.8) is 0 Å². The van der Waals surface area contributed by atoms with Crippen LogP contribution in [0.3, 0.4) is 0 Å². The molecule has 0 radical (unpaired) electrons. The van der Waals surface area contributed by atoms with E-state index < -0.39 is 5.91 Å². The Hall–Kier alpha value is -5.29. The van der Waals surface area contributed by atoms with Gasteiger partial charge < -0.3 is 26.2 Å². The fraction of sp³-hybridized carbons (Fsp3) is 0.257. The molecule has 240 valence electrons. The number of nitrogen functional groups attached to an aromatic ring is 1. The number of hydrogen-bond acceptors (Lipinski definition) is 8. The van der Waals surface area contributed by atoms with Gasteiger partial charge in [0.25, 0.3) is 0 Å². The number of nitrogens with two attached hydrogens (primary N) is 2. The lowest BCUT2D eigenvalue weighted by Crippen LogP contribution is -2.49. The number of carbonyl (C=O) groups excluding carboxylic acids is 2. The van der Waals surface area contributed by atoms with Gasteiger partial charge in [0, 0.05) is 59.1 Å². The molecule has 0 saturated carbocycles. The van der Waals surface area contributed by atoms with Gasteiger partial charge in [-0.1, -0.05) is 12.5 Å². The number of methoxy groups -OCH3 is 1. The number of nitrogens with one attached hydrogen (secondary N) is 1. The molecule has 1 unspecified atom stereocenters. The lowest BCUT2D eigenvalue weighted by atomic mass is 9.99. The molecule has 10 nitrogen and oxygen atoms in total. The third-order valence-electron chi connectivity index (χ3n) is 7.92. The summed E-state index contributed by atoms with van der Waals surface area (Å²) in [5.74, 6) is -0.238. The number of phenols is 1. The number of benzene rings is 3. The first-order valence-electron chi connectivity index (χ1n) is 14.8. The number of hydrogen-bond donors (Lipinski definition) is 4. The van der Waals surface area contributed by atoms with E-state index in [-0.39, 0.29) is 29.2 Å². The van der Waals surface area contributed by atoms with Crippen molar-refractivity contribution in [1.82, 2.24) is 9.88 Å². The molecule has 2 amide bonds. The van der Waals surface area contributed by atoms with Crippen LogP contribution in [0.15, 0.2) is 79.0 Å². The highest BCUT2D eigenvalue weighted by atomic mass is 19.1. The third-order valence-corrected chi connectivity index (χ3v) is 7.92. The number of anilines is 2. The average molecular weight is 627 g/mol. The Labute approximate surface area is 267 Å². The second-order valence-electron chi connectivity index (χ2n) is 11.0. The number of halogens is 1. The largest absolute Gasteiger partial charge is 0.508 e. The van der Waals surface area contributed by atoms with E-state index in [4.69, 9.17) is 21.6 Å². The molecular formula is C35H39FN6O4. The number of aromatic nitrogens is 1. The summed E-state index contributed by atoms with van der Waals surface area (Å²) in [6, 6.07) is 19.2. The van der Waals surface area contributed by atoms with E-state index in [2.05, 4.69) is 4.98 Å². The van der Waals surface area contributed by atoms with Crippen molar-refractivity contribution in [2.75, 3.05) is 31.3 Å². The Bertz CT molecular complexity index is 1710. The lowest BCUT2D eigenvalue weighted by Gasteiger charge is -2.37. The first-order chi connectivity index (χ1) is 22.0. The van der Waals surface area contributed by atoms with E-state index in [1.54, 1.807) is 78.8 Å². The summed E-state index contributed by atoms with van der Waals surface area (Å²) in [5, 5.41) is 17.6. The molecule has 2 heterocycles. The second kappa shape index (κ2) is 15.1. The zero-order chi connectivity index (χ0) is 33.4. The third kappa shape index (κ3) is 8.05. The standard InChI is InChI=1S/C21H25FN2O3.C14H14N4O/c1-23(15-9-11-16(25)12-10-15)21(26)19-7-3-4-13-24(19)14-17-18(22)6-5-8-20(17)27-2;1-8-6-9(4-5-18-8)13(16)11-7-10(14(17)19)2-3-12(11)15/h5-6,8-12,19,25H,3-4,7,13-14H2,1-2H3;2-7,16H,15H2,1H3,(H2,17,19). The van der Waals surface area contributed by atoms with E-state index in [0.29, 0.717) is 45.9 Å². The van der Waals surface area contributed by atoms with Gasteiger partial charge >= 0.3 is 0 Å². The number of ether oxygens (including phenoxy) is 1. The summed E-state index contributed by atoms with van der Waals surface area (Å²) >= 11 is 0. The average Bonchev–Trinajstić information content (AvgIpc) is 3.05. The monoisotopic (exact) mass is 626 g/mol. The molecule has 0 spiro atoms. The first kappa shape index (κ1) is 33.6. The molecule has 46 heavy (non-hydrogen) atoms. The Morgan fingerprint density at radius 3 is 2.50 bits per heavy atom. The molecule has 1 aliphatic rings. The maximum Gasteiger partial charge on any atom is 0.248 e. The van der Waals surface area contributed by atoms with Crippen LogP contribution in [0.25, 0.3) is 0 Å². The smallest absolute Gasteiger partial charge is 0.248 e. The van der Waals surface area contributed by atoms with Crippen molar-refractivity contribution in [3.8, 4) is 11.5 Å². The Balaban J connectivity index is 0.000000222. The molecule has 0 aliphatic carbocycles. The van der Waals surface area contributed by atoms with Crippen molar-refractivity contribution >= 4 is 28.9 Å².